The molecule has 0 aliphatic carbocycles. The highest BCUT2D eigenvalue weighted by Gasteiger charge is 2.37. The van der Waals surface area contributed by atoms with E-state index in [0.717, 1.165) is 17.5 Å². The van der Waals surface area contributed by atoms with Crippen LogP contribution < -0.4 is 5.32 Å². The molecule has 19 heavy (non-hydrogen) atoms. The normalized spacial score (nSPS) is 28.5. The first-order valence-corrected chi connectivity index (χ1v) is 7.91. The Morgan fingerprint density at radius 1 is 1.26 bits per heavy atom. The fourth-order valence-electron chi connectivity index (χ4n) is 3.68. The molecule has 0 radical (unpaired) electrons. The van der Waals surface area contributed by atoms with Crippen LogP contribution in [0.5, 0.6) is 0 Å². The second-order valence-corrected chi connectivity index (χ2v) is 6.26. The fourth-order valence-corrected chi connectivity index (χ4v) is 3.81. The number of hydrogen-bond acceptors (Lipinski definition) is 2. The van der Waals surface area contributed by atoms with Gasteiger partial charge in [-0.15, -0.1) is 0 Å². The van der Waals surface area contributed by atoms with Gasteiger partial charge in [0.05, 0.1) is 0 Å². The van der Waals surface area contributed by atoms with Crippen LogP contribution in [0.1, 0.15) is 44.2 Å². The zero-order valence-electron chi connectivity index (χ0n) is 11.6. The number of rotatable bonds is 4. The van der Waals surface area contributed by atoms with Gasteiger partial charge in [0.1, 0.15) is 0 Å². The third-order valence-electron chi connectivity index (χ3n) is 4.70. The monoisotopic (exact) mass is 278 g/mol. The van der Waals surface area contributed by atoms with Gasteiger partial charge < -0.3 is 5.32 Å². The van der Waals surface area contributed by atoms with Crippen molar-refractivity contribution in [1.82, 2.24) is 10.2 Å². The van der Waals surface area contributed by atoms with Gasteiger partial charge in [0, 0.05) is 29.7 Å². The second-order valence-electron chi connectivity index (χ2n) is 5.82. The summed E-state index contributed by atoms with van der Waals surface area (Å²) in [5.41, 5.74) is 1.36. The van der Waals surface area contributed by atoms with Crippen LogP contribution in [0.25, 0.3) is 0 Å². The Labute approximate surface area is 121 Å². The predicted molar refractivity (Wildman–Crippen MR) is 80.6 cm³/mol. The van der Waals surface area contributed by atoms with Crippen molar-refractivity contribution in [2.45, 2.75) is 50.7 Å². The van der Waals surface area contributed by atoms with Gasteiger partial charge >= 0.3 is 0 Å². The molecule has 104 valence electrons. The molecule has 2 saturated heterocycles. The van der Waals surface area contributed by atoms with Crippen molar-refractivity contribution < 1.29 is 0 Å². The summed E-state index contributed by atoms with van der Waals surface area (Å²) in [5, 5.41) is 4.71. The van der Waals surface area contributed by atoms with Crippen LogP contribution in [0, 0.1) is 0 Å². The molecule has 2 aliphatic heterocycles. The Bertz CT molecular complexity index is 417. The smallest absolute Gasteiger partial charge is 0.0406 e. The molecule has 0 saturated carbocycles. The lowest BCUT2D eigenvalue weighted by Gasteiger charge is -2.27. The fraction of sp³-hybridized carbons (Fsp3) is 0.625. The lowest BCUT2D eigenvalue weighted by molar-refractivity contribution is 0.287. The molecular formula is C16H23ClN2. The molecular weight excluding hydrogens is 256 g/mol. The summed E-state index contributed by atoms with van der Waals surface area (Å²) < 4.78 is 0. The van der Waals surface area contributed by atoms with Crippen molar-refractivity contribution >= 4 is 11.6 Å². The Hall–Kier alpha value is -0.570. The minimum absolute atomic E-state index is 0.461. The number of fused-ring (bicyclic) bond motifs is 1. The summed E-state index contributed by atoms with van der Waals surface area (Å²) in [6.07, 6.45) is 5.18. The van der Waals surface area contributed by atoms with Crippen LogP contribution in [-0.2, 0) is 0 Å². The van der Waals surface area contributed by atoms with E-state index in [1.807, 2.05) is 12.1 Å². The van der Waals surface area contributed by atoms with Crippen molar-refractivity contribution in [2.75, 3.05) is 13.1 Å². The molecule has 0 bridgehead atoms. The van der Waals surface area contributed by atoms with Crippen molar-refractivity contribution in [1.29, 1.82) is 0 Å². The summed E-state index contributed by atoms with van der Waals surface area (Å²) >= 11 is 5.98. The standard InChI is InChI=1S/C16H23ClN2/c1-2-14(12-5-7-13(17)8-6-12)18-15-9-11-19-10-3-4-16(15)19/h5-8,14-16,18H,2-4,9-11H2,1H3. The van der Waals surface area contributed by atoms with Crippen LogP contribution in [0.4, 0.5) is 0 Å². The zero-order valence-corrected chi connectivity index (χ0v) is 12.4. The maximum Gasteiger partial charge on any atom is 0.0406 e. The molecule has 1 aromatic carbocycles. The van der Waals surface area contributed by atoms with Gasteiger partial charge in [-0.05, 0) is 49.9 Å². The summed E-state index contributed by atoms with van der Waals surface area (Å²) in [6, 6.07) is 10.2. The maximum atomic E-state index is 5.98. The highest BCUT2D eigenvalue weighted by Crippen LogP contribution is 2.30. The van der Waals surface area contributed by atoms with E-state index in [1.165, 1.54) is 37.9 Å². The quantitative estimate of drug-likeness (QED) is 0.905. The lowest BCUT2D eigenvalue weighted by Crippen LogP contribution is -2.40. The molecule has 3 rings (SSSR count). The Morgan fingerprint density at radius 3 is 2.79 bits per heavy atom. The van der Waals surface area contributed by atoms with E-state index in [0.29, 0.717) is 12.1 Å². The number of benzene rings is 1. The van der Waals surface area contributed by atoms with Crippen LogP contribution in [0.2, 0.25) is 5.02 Å². The third kappa shape index (κ3) is 2.81. The number of halogens is 1. The number of nitrogens with zero attached hydrogens (tertiary/aromatic N) is 1. The molecule has 3 atom stereocenters. The van der Waals surface area contributed by atoms with E-state index in [4.69, 9.17) is 11.6 Å². The highest BCUT2D eigenvalue weighted by molar-refractivity contribution is 6.30. The van der Waals surface area contributed by atoms with Gasteiger partial charge in [0.25, 0.3) is 0 Å². The number of nitrogens with one attached hydrogen (secondary N) is 1. The molecule has 1 N–H and O–H groups in total. The van der Waals surface area contributed by atoms with Gasteiger partial charge in [-0.2, -0.15) is 0 Å². The second kappa shape index (κ2) is 5.82. The van der Waals surface area contributed by atoms with Gasteiger partial charge in [0.2, 0.25) is 0 Å². The summed E-state index contributed by atoms with van der Waals surface area (Å²) in [5.74, 6) is 0. The van der Waals surface area contributed by atoms with Gasteiger partial charge in [0.15, 0.2) is 0 Å². The first-order valence-electron chi connectivity index (χ1n) is 7.53. The van der Waals surface area contributed by atoms with Gasteiger partial charge in [-0.25, -0.2) is 0 Å². The Balaban J connectivity index is 1.68. The average Bonchev–Trinajstić information content (AvgIpc) is 3.01. The summed E-state index contributed by atoms with van der Waals surface area (Å²) in [7, 11) is 0. The zero-order chi connectivity index (χ0) is 13.2. The number of hydrogen-bond donors (Lipinski definition) is 1. The van der Waals surface area contributed by atoms with Gasteiger partial charge in [-0.1, -0.05) is 30.7 Å². The van der Waals surface area contributed by atoms with E-state index in [2.05, 4.69) is 29.3 Å². The highest BCUT2D eigenvalue weighted by atomic mass is 35.5. The first kappa shape index (κ1) is 13.4. The summed E-state index contributed by atoms with van der Waals surface area (Å²) in [4.78, 5) is 2.66. The van der Waals surface area contributed by atoms with E-state index in [1.54, 1.807) is 0 Å². The molecule has 0 aromatic heterocycles. The van der Waals surface area contributed by atoms with Crippen molar-refractivity contribution in [2.24, 2.45) is 0 Å². The van der Waals surface area contributed by atoms with E-state index >= 15 is 0 Å². The minimum Gasteiger partial charge on any atom is -0.306 e. The van der Waals surface area contributed by atoms with Crippen molar-refractivity contribution in [3.63, 3.8) is 0 Å². The maximum absolute atomic E-state index is 5.98. The molecule has 1 aromatic rings. The molecule has 3 unspecified atom stereocenters. The van der Waals surface area contributed by atoms with Crippen molar-refractivity contribution in [3.8, 4) is 0 Å². The average molecular weight is 279 g/mol. The first-order chi connectivity index (χ1) is 9.28. The van der Waals surface area contributed by atoms with Crippen LogP contribution in [-0.4, -0.2) is 30.1 Å². The molecule has 3 heteroatoms. The molecule has 0 amide bonds. The molecule has 2 heterocycles. The van der Waals surface area contributed by atoms with E-state index in [-0.39, 0.29) is 0 Å². The van der Waals surface area contributed by atoms with E-state index < -0.39 is 0 Å². The molecule has 2 nitrogen and oxygen atoms in total. The minimum atomic E-state index is 0.461. The molecule has 0 spiro atoms. The third-order valence-corrected chi connectivity index (χ3v) is 4.95. The molecule has 2 fully saturated rings. The SMILES string of the molecule is CCC(NC1CCN2CCCC12)c1ccc(Cl)cc1. The summed E-state index contributed by atoms with van der Waals surface area (Å²) in [6.45, 7) is 4.84. The Morgan fingerprint density at radius 2 is 2.05 bits per heavy atom. The van der Waals surface area contributed by atoms with Crippen LogP contribution in [0.15, 0.2) is 24.3 Å². The molecule has 2 aliphatic rings. The largest absolute Gasteiger partial charge is 0.306 e. The lowest BCUT2D eigenvalue weighted by atomic mass is 10.00. The topological polar surface area (TPSA) is 15.3 Å². The predicted octanol–water partition coefficient (Wildman–Crippen LogP) is 3.62. The van der Waals surface area contributed by atoms with Crippen molar-refractivity contribution in [3.05, 3.63) is 34.9 Å². The Kier molecular flexibility index (Phi) is 4.11. The van der Waals surface area contributed by atoms with Gasteiger partial charge in [-0.3, -0.25) is 4.90 Å². The van der Waals surface area contributed by atoms with Crippen LogP contribution in [0.3, 0.4) is 0 Å². The van der Waals surface area contributed by atoms with Crippen LogP contribution >= 0.6 is 11.6 Å². The van der Waals surface area contributed by atoms with E-state index in [9.17, 15) is 0 Å².